The fourth-order valence-corrected chi connectivity index (χ4v) is 3.18. The van der Waals surface area contributed by atoms with Gasteiger partial charge < -0.3 is 10.2 Å². The van der Waals surface area contributed by atoms with Gasteiger partial charge in [-0.25, -0.2) is 9.78 Å². The summed E-state index contributed by atoms with van der Waals surface area (Å²) < 4.78 is 6.32. The van der Waals surface area contributed by atoms with Crippen LogP contribution >= 0.6 is 15.9 Å². The average Bonchev–Trinajstić information content (AvgIpc) is 2.67. The minimum absolute atomic E-state index is 0.0699. The predicted octanol–water partition coefficient (Wildman–Crippen LogP) is 4.74. The zero-order chi connectivity index (χ0) is 19.0. The largest absolute Gasteiger partial charge is 0.422 e. The fraction of sp³-hybridized carbons (Fsp3) is 0. The van der Waals surface area contributed by atoms with Gasteiger partial charge >= 0.3 is 5.63 Å². The van der Waals surface area contributed by atoms with E-state index in [2.05, 4.69) is 27.0 Å². The number of halogens is 1. The number of rotatable bonds is 2. The first-order chi connectivity index (χ1) is 13.1. The number of pyridine rings is 1. The summed E-state index contributed by atoms with van der Waals surface area (Å²) >= 11 is 3.40. The highest BCUT2D eigenvalue weighted by atomic mass is 79.9. The molecule has 0 atom stereocenters. The molecule has 0 unspecified atom stereocenters. The summed E-state index contributed by atoms with van der Waals surface area (Å²) in [5.41, 5.74) is 8.36. The molecule has 0 fully saturated rings. The summed E-state index contributed by atoms with van der Waals surface area (Å²) in [5.74, 6) is 0.0699. The number of nitrogens with two attached hydrogens (primary N) is 1. The van der Waals surface area contributed by atoms with Crippen molar-refractivity contribution in [1.29, 1.82) is 5.26 Å². The highest BCUT2D eigenvalue weighted by Crippen LogP contribution is 2.31. The number of hydrogen-bond acceptors (Lipinski definition) is 5. The van der Waals surface area contributed by atoms with Gasteiger partial charge in [0, 0.05) is 15.4 Å². The molecule has 0 saturated heterocycles. The van der Waals surface area contributed by atoms with Gasteiger partial charge in [0.2, 0.25) is 0 Å². The molecule has 0 aliphatic heterocycles. The predicted molar refractivity (Wildman–Crippen MR) is 108 cm³/mol. The normalized spacial score (nSPS) is 10.7. The van der Waals surface area contributed by atoms with E-state index in [4.69, 9.17) is 10.2 Å². The van der Waals surface area contributed by atoms with Crippen molar-refractivity contribution in [3.8, 4) is 28.5 Å². The molecule has 0 aliphatic rings. The van der Waals surface area contributed by atoms with E-state index in [1.54, 1.807) is 24.3 Å². The Kier molecular flexibility index (Phi) is 4.22. The van der Waals surface area contributed by atoms with Gasteiger partial charge in [-0.15, -0.1) is 0 Å². The van der Waals surface area contributed by atoms with Crippen LogP contribution in [0.15, 0.2) is 74.3 Å². The maximum absolute atomic E-state index is 12.5. The Balaban J connectivity index is 1.97. The molecule has 130 valence electrons. The van der Waals surface area contributed by atoms with Gasteiger partial charge in [-0.3, -0.25) is 0 Å². The second-order valence-electron chi connectivity index (χ2n) is 5.92. The van der Waals surface area contributed by atoms with Crippen LogP contribution in [0.5, 0.6) is 0 Å². The number of aromatic nitrogens is 1. The van der Waals surface area contributed by atoms with E-state index >= 15 is 0 Å². The van der Waals surface area contributed by atoms with Crippen molar-refractivity contribution in [1.82, 2.24) is 4.98 Å². The number of hydrogen-bond donors (Lipinski definition) is 1. The van der Waals surface area contributed by atoms with Gasteiger partial charge in [0.15, 0.2) is 0 Å². The van der Waals surface area contributed by atoms with Crippen molar-refractivity contribution >= 4 is 32.7 Å². The Hall–Kier alpha value is -3.43. The standard InChI is InChI=1S/C21H12BrN3O2/c22-14-7-5-12(6-8-14)15-10-18(25-20(24)17(15)11-23)16-9-13-3-1-2-4-19(13)27-21(16)26/h1-10H,(H2,24,25). The third kappa shape index (κ3) is 3.09. The maximum atomic E-state index is 12.5. The van der Waals surface area contributed by atoms with E-state index in [1.165, 1.54) is 0 Å². The zero-order valence-electron chi connectivity index (χ0n) is 13.9. The molecule has 2 aromatic carbocycles. The SMILES string of the molecule is N#Cc1c(-c2ccc(Br)cc2)cc(-c2cc3ccccc3oc2=O)nc1N. The first kappa shape index (κ1) is 17.0. The summed E-state index contributed by atoms with van der Waals surface area (Å²) in [4.78, 5) is 16.7. The van der Waals surface area contributed by atoms with Crippen molar-refractivity contribution in [3.05, 3.63) is 81.1 Å². The van der Waals surface area contributed by atoms with Crippen LogP contribution in [0.4, 0.5) is 5.82 Å². The van der Waals surface area contributed by atoms with Crippen LogP contribution in [-0.2, 0) is 0 Å². The Morgan fingerprint density at radius 2 is 1.78 bits per heavy atom. The van der Waals surface area contributed by atoms with Gasteiger partial charge in [0.1, 0.15) is 23.0 Å². The number of benzene rings is 2. The molecule has 0 amide bonds. The molecule has 2 heterocycles. The summed E-state index contributed by atoms with van der Waals surface area (Å²) in [5, 5.41) is 10.3. The van der Waals surface area contributed by atoms with E-state index in [9.17, 15) is 10.1 Å². The molecule has 27 heavy (non-hydrogen) atoms. The van der Waals surface area contributed by atoms with Gasteiger partial charge in [0.25, 0.3) is 0 Å². The van der Waals surface area contributed by atoms with Gasteiger partial charge in [-0.2, -0.15) is 5.26 Å². The van der Waals surface area contributed by atoms with Crippen molar-refractivity contribution in [3.63, 3.8) is 0 Å². The summed E-state index contributed by atoms with van der Waals surface area (Å²) in [6.45, 7) is 0. The number of nitriles is 1. The fourth-order valence-electron chi connectivity index (χ4n) is 2.92. The Bertz CT molecular complexity index is 1270. The topological polar surface area (TPSA) is 92.9 Å². The summed E-state index contributed by atoms with van der Waals surface area (Å²) in [6, 6.07) is 20.2. The third-order valence-corrected chi connectivity index (χ3v) is 4.76. The molecular formula is C21H12BrN3O2. The van der Waals surface area contributed by atoms with Crippen molar-refractivity contribution in [2.45, 2.75) is 0 Å². The van der Waals surface area contributed by atoms with Crippen LogP contribution in [0, 0.1) is 11.3 Å². The van der Waals surface area contributed by atoms with Gasteiger partial charge in [0.05, 0.1) is 11.3 Å². The molecule has 0 aliphatic carbocycles. The first-order valence-electron chi connectivity index (χ1n) is 8.06. The molecule has 0 spiro atoms. The number of anilines is 1. The van der Waals surface area contributed by atoms with Gasteiger partial charge in [-0.1, -0.05) is 46.3 Å². The molecule has 0 radical (unpaired) electrons. The average molecular weight is 418 g/mol. The minimum Gasteiger partial charge on any atom is -0.422 e. The van der Waals surface area contributed by atoms with Gasteiger partial charge in [-0.05, 0) is 35.9 Å². The summed E-state index contributed by atoms with van der Waals surface area (Å²) in [7, 11) is 0. The van der Waals surface area contributed by atoms with Crippen LogP contribution in [0.25, 0.3) is 33.4 Å². The summed E-state index contributed by atoms with van der Waals surface area (Å²) in [6.07, 6.45) is 0. The van der Waals surface area contributed by atoms with Crippen LogP contribution < -0.4 is 11.4 Å². The lowest BCUT2D eigenvalue weighted by atomic mass is 9.98. The first-order valence-corrected chi connectivity index (χ1v) is 8.86. The lowest BCUT2D eigenvalue weighted by molar-refractivity contribution is 0.563. The van der Waals surface area contributed by atoms with E-state index in [1.807, 2.05) is 36.4 Å². The van der Waals surface area contributed by atoms with Crippen LogP contribution in [-0.4, -0.2) is 4.98 Å². The van der Waals surface area contributed by atoms with Crippen LogP contribution in [0.2, 0.25) is 0 Å². The maximum Gasteiger partial charge on any atom is 0.345 e. The van der Waals surface area contributed by atoms with E-state index in [0.29, 0.717) is 22.4 Å². The molecule has 4 rings (SSSR count). The molecular weight excluding hydrogens is 406 g/mol. The highest BCUT2D eigenvalue weighted by molar-refractivity contribution is 9.10. The lowest BCUT2D eigenvalue weighted by Gasteiger charge is -2.10. The lowest BCUT2D eigenvalue weighted by Crippen LogP contribution is -2.06. The quantitative estimate of drug-likeness (QED) is 0.475. The van der Waals surface area contributed by atoms with E-state index in [-0.39, 0.29) is 11.4 Å². The number of nitrogen functional groups attached to an aromatic ring is 1. The Morgan fingerprint density at radius 3 is 2.52 bits per heavy atom. The molecule has 4 aromatic rings. The Labute approximate surface area is 162 Å². The molecule has 0 bridgehead atoms. The highest BCUT2D eigenvalue weighted by Gasteiger charge is 2.16. The van der Waals surface area contributed by atoms with Crippen LogP contribution in [0.1, 0.15) is 5.56 Å². The van der Waals surface area contributed by atoms with Crippen molar-refractivity contribution < 1.29 is 4.42 Å². The number of fused-ring (bicyclic) bond motifs is 1. The second kappa shape index (κ2) is 6.71. The van der Waals surface area contributed by atoms with E-state index < -0.39 is 5.63 Å². The molecule has 5 nitrogen and oxygen atoms in total. The van der Waals surface area contributed by atoms with Crippen molar-refractivity contribution in [2.75, 3.05) is 5.73 Å². The second-order valence-corrected chi connectivity index (χ2v) is 6.84. The van der Waals surface area contributed by atoms with E-state index in [0.717, 1.165) is 15.4 Å². The van der Waals surface area contributed by atoms with Crippen molar-refractivity contribution in [2.24, 2.45) is 0 Å². The molecule has 2 N–H and O–H groups in total. The minimum atomic E-state index is -0.507. The number of para-hydroxylation sites is 1. The molecule has 0 saturated carbocycles. The zero-order valence-corrected chi connectivity index (χ0v) is 15.5. The Morgan fingerprint density at radius 1 is 1.04 bits per heavy atom. The van der Waals surface area contributed by atoms with Crippen LogP contribution in [0.3, 0.4) is 0 Å². The molecule has 2 aromatic heterocycles. The molecule has 6 heteroatoms. The smallest absolute Gasteiger partial charge is 0.345 e. The third-order valence-electron chi connectivity index (χ3n) is 4.23. The monoisotopic (exact) mass is 417 g/mol. The number of nitrogens with zero attached hydrogens (tertiary/aromatic N) is 2.